The van der Waals surface area contributed by atoms with Gasteiger partial charge in [0.2, 0.25) is 5.91 Å². The Bertz CT molecular complexity index is 468. The highest BCUT2D eigenvalue weighted by Gasteiger charge is 2.22. The Kier molecular flexibility index (Phi) is 9.65. The van der Waals surface area contributed by atoms with Gasteiger partial charge in [0.15, 0.2) is 0 Å². The fourth-order valence-electron chi connectivity index (χ4n) is 3.73. The average molecular weight is 345 g/mol. The predicted octanol–water partition coefficient (Wildman–Crippen LogP) is 5.08. The van der Waals surface area contributed by atoms with Crippen molar-refractivity contribution in [2.75, 3.05) is 19.6 Å². The van der Waals surface area contributed by atoms with Gasteiger partial charge in [-0.3, -0.25) is 9.69 Å². The average Bonchev–Trinajstić information content (AvgIpc) is 2.66. The van der Waals surface area contributed by atoms with E-state index in [9.17, 15) is 4.79 Å². The van der Waals surface area contributed by atoms with Crippen molar-refractivity contribution in [1.82, 2.24) is 10.2 Å². The number of nitrogens with zero attached hydrogens (tertiary/aromatic N) is 1. The van der Waals surface area contributed by atoms with Gasteiger partial charge in [-0.05, 0) is 37.9 Å². The molecule has 1 aliphatic rings. The molecule has 3 heteroatoms. The summed E-state index contributed by atoms with van der Waals surface area (Å²) in [6, 6.07) is 11.0. The molecule has 1 aliphatic heterocycles. The molecule has 1 unspecified atom stereocenters. The molecule has 0 aliphatic carbocycles. The summed E-state index contributed by atoms with van der Waals surface area (Å²) < 4.78 is 0. The highest BCUT2D eigenvalue weighted by molar-refractivity contribution is 5.75. The van der Waals surface area contributed by atoms with Crippen molar-refractivity contribution < 1.29 is 4.79 Å². The van der Waals surface area contributed by atoms with Crippen LogP contribution in [0.25, 0.3) is 0 Å². The lowest BCUT2D eigenvalue weighted by molar-refractivity contribution is -0.121. The molecule has 0 spiro atoms. The highest BCUT2D eigenvalue weighted by Crippen LogP contribution is 2.24. The second-order valence-electron chi connectivity index (χ2n) is 7.34. The van der Waals surface area contributed by atoms with Crippen LogP contribution in [0.1, 0.15) is 82.7 Å². The Hall–Kier alpha value is -1.35. The number of amides is 1. The summed E-state index contributed by atoms with van der Waals surface area (Å²) in [5, 5.41) is 3.20. The van der Waals surface area contributed by atoms with Gasteiger partial charge in [0.25, 0.3) is 0 Å². The van der Waals surface area contributed by atoms with E-state index in [4.69, 9.17) is 0 Å². The molecule has 2 rings (SSSR count). The molecule has 1 fully saturated rings. The first-order valence-corrected chi connectivity index (χ1v) is 10.4. The van der Waals surface area contributed by atoms with Crippen molar-refractivity contribution in [3.63, 3.8) is 0 Å². The molecule has 1 amide bonds. The van der Waals surface area contributed by atoms with Crippen LogP contribution in [0.15, 0.2) is 30.3 Å². The Morgan fingerprint density at radius 2 is 1.68 bits per heavy atom. The maximum atomic E-state index is 12.2. The number of piperidine rings is 1. The Balaban J connectivity index is 1.76. The van der Waals surface area contributed by atoms with Crippen LogP contribution < -0.4 is 5.32 Å². The summed E-state index contributed by atoms with van der Waals surface area (Å²) in [7, 11) is 0. The number of unbranched alkanes of at least 4 members (excludes halogenated alkanes) is 5. The van der Waals surface area contributed by atoms with Gasteiger partial charge in [-0.15, -0.1) is 0 Å². The molecule has 1 aromatic rings. The van der Waals surface area contributed by atoms with Gasteiger partial charge in [0.05, 0.1) is 6.04 Å². The van der Waals surface area contributed by atoms with Gasteiger partial charge in [-0.25, -0.2) is 0 Å². The van der Waals surface area contributed by atoms with E-state index in [0.29, 0.717) is 12.5 Å². The third kappa shape index (κ3) is 7.60. The van der Waals surface area contributed by atoms with E-state index in [1.54, 1.807) is 0 Å². The smallest absolute Gasteiger partial charge is 0.220 e. The van der Waals surface area contributed by atoms with Crippen molar-refractivity contribution in [3.05, 3.63) is 35.9 Å². The van der Waals surface area contributed by atoms with Crippen LogP contribution in [0.3, 0.4) is 0 Å². The lowest BCUT2D eigenvalue weighted by Crippen LogP contribution is -2.40. The maximum absolute atomic E-state index is 12.2. The summed E-state index contributed by atoms with van der Waals surface area (Å²) in [5.41, 5.74) is 1.32. The van der Waals surface area contributed by atoms with Gasteiger partial charge in [0, 0.05) is 13.0 Å². The number of nitrogens with one attached hydrogen (secondary N) is 1. The normalized spacial score (nSPS) is 16.5. The van der Waals surface area contributed by atoms with E-state index in [1.165, 1.54) is 56.9 Å². The van der Waals surface area contributed by atoms with Crippen LogP contribution >= 0.6 is 0 Å². The summed E-state index contributed by atoms with van der Waals surface area (Å²) >= 11 is 0. The fraction of sp³-hybridized carbons (Fsp3) is 0.682. The second-order valence-corrected chi connectivity index (χ2v) is 7.34. The lowest BCUT2D eigenvalue weighted by Gasteiger charge is -2.35. The van der Waals surface area contributed by atoms with Crippen LogP contribution in [0, 0.1) is 0 Å². The molecule has 1 atom stereocenters. The standard InChI is InChI=1S/C22H36N2O/c1-2-3-4-5-6-11-16-22(25)23-19-21(20-14-9-7-10-15-20)24-17-12-8-13-18-24/h7,9-10,14-15,21H,2-6,8,11-13,16-19H2,1H3,(H,23,25). The molecule has 1 aromatic carbocycles. The van der Waals surface area contributed by atoms with Crippen molar-refractivity contribution >= 4 is 5.91 Å². The third-order valence-corrected chi connectivity index (χ3v) is 5.27. The summed E-state index contributed by atoms with van der Waals surface area (Å²) in [4.78, 5) is 14.8. The molecular weight excluding hydrogens is 308 g/mol. The van der Waals surface area contributed by atoms with Crippen LogP contribution in [0.5, 0.6) is 0 Å². The molecule has 0 saturated carbocycles. The van der Waals surface area contributed by atoms with E-state index in [1.807, 2.05) is 0 Å². The largest absolute Gasteiger partial charge is 0.354 e. The zero-order valence-corrected chi connectivity index (χ0v) is 16.0. The quantitative estimate of drug-likeness (QED) is 0.568. The number of likely N-dealkylation sites (tertiary alicyclic amines) is 1. The Morgan fingerprint density at radius 1 is 1.00 bits per heavy atom. The topological polar surface area (TPSA) is 32.3 Å². The monoisotopic (exact) mass is 344 g/mol. The number of hydrogen-bond acceptors (Lipinski definition) is 2. The zero-order valence-electron chi connectivity index (χ0n) is 16.0. The molecule has 0 bridgehead atoms. The molecule has 0 aromatic heterocycles. The number of hydrogen-bond donors (Lipinski definition) is 1. The molecular formula is C22H36N2O. The van der Waals surface area contributed by atoms with E-state index in [-0.39, 0.29) is 5.91 Å². The summed E-state index contributed by atoms with van der Waals surface area (Å²) in [5.74, 6) is 0.216. The van der Waals surface area contributed by atoms with E-state index >= 15 is 0 Å². The van der Waals surface area contributed by atoms with Crippen LogP contribution in [0.2, 0.25) is 0 Å². The minimum atomic E-state index is 0.216. The highest BCUT2D eigenvalue weighted by atomic mass is 16.1. The first-order valence-electron chi connectivity index (χ1n) is 10.4. The minimum Gasteiger partial charge on any atom is -0.354 e. The van der Waals surface area contributed by atoms with Crippen LogP contribution in [-0.4, -0.2) is 30.4 Å². The maximum Gasteiger partial charge on any atom is 0.220 e. The minimum absolute atomic E-state index is 0.216. The van der Waals surface area contributed by atoms with E-state index in [0.717, 1.165) is 26.1 Å². The lowest BCUT2D eigenvalue weighted by atomic mass is 10.0. The van der Waals surface area contributed by atoms with Crippen molar-refractivity contribution in [1.29, 1.82) is 0 Å². The number of carbonyl (C=O) groups excluding carboxylic acids is 1. The molecule has 3 nitrogen and oxygen atoms in total. The first-order chi connectivity index (χ1) is 12.3. The Morgan fingerprint density at radius 3 is 2.40 bits per heavy atom. The van der Waals surface area contributed by atoms with Gasteiger partial charge in [0.1, 0.15) is 0 Å². The predicted molar refractivity (Wildman–Crippen MR) is 106 cm³/mol. The first kappa shape index (κ1) is 20.0. The third-order valence-electron chi connectivity index (χ3n) is 5.27. The number of benzene rings is 1. The second kappa shape index (κ2) is 12.1. The number of rotatable bonds is 11. The van der Waals surface area contributed by atoms with E-state index in [2.05, 4.69) is 47.5 Å². The van der Waals surface area contributed by atoms with Gasteiger partial charge in [-0.1, -0.05) is 75.8 Å². The zero-order chi connectivity index (χ0) is 17.7. The van der Waals surface area contributed by atoms with Crippen LogP contribution in [-0.2, 0) is 4.79 Å². The van der Waals surface area contributed by atoms with E-state index < -0.39 is 0 Å². The van der Waals surface area contributed by atoms with Crippen molar-refractivity contribution in [3.8, 4) is 0 Å². The molecule has 1 N–H and O–H groups in total. The fourth-order valence-corrected chi connectivity index (χ4v) is 3.73. The molecule has 140 valence electrons. The van der Waals surface area contributed by atoms with Gasteiger partial charge >= 0.3 is 0 Å². The van der Waals surface area contributed by atoms with Gasteiger partial charge < -0.3 is 5.32 Å². The molecule has 1 heterocycles. The summed E-state index contributed by atoms with van der Waals surface area (Å²) in [6.07, 6.45) is 11.9. The Labute approximate surface area is 154 Å². The number of carbonyl (C=O) groups is 1. The van der Waals surface area contributed by atoms with Gasteiger partial charge in [-0.2, -0.15) is 0 Å². The molecule has 1 saturated heterocycles. The van der Waals surface area contributed by atoms with Crippen molar-refractivity contribution in [2.24, 2.45) is 0 Å². The summed E-state index contributed by atoms with van der Waals surface area (Å²) in [6.45, 7) is 5.26. The van der Waals surface area contributed by atoms with Crippen LogP contribution in [0.4, 0.5) is 0 Å². The SMILES string of the molecule is CCCCCCCCC(=O)NCC(c1ccccc1)N1CCCCC1. The molecule has 0 radical (unpaired) electrons. The molecule has 25 heavy (non-hydrogen) atoms. The van der Waals surface area contributed by atoms with Crippen molar-refractivity contribution in [2.45, 2.75) is 77.2 Å².